The second-order valence-corrected chi connectivity index (χ2v) is 7.67. The van der Waals surface area contributed by atoms with Gasteiger partial charge in [0.1, 0.15) is 12.4 Å². The Morgan fingerprint density at radius 1 is 1.16 bits per heavy atom. The largest absolute Gasteiger partial charge is 0.492 e. The fourth-order valence-corrected chi connectivity index (χ4v) is 3.01. The fourth-order valence-electron chi connectivity index (χ4n) is 2.28. The summed E-state index contributed by atoms with van der Waals surface area (Å²) in [6, 6.07) is 12.4. The molecule has 2 rings (SSSR count). The number of hydrogen-bond acceptors (Lipinski definition) is 5. The number of nitrogens with two attached hydrogens (primary N) is 1. The number of benzene rings is 2. The lowest BCUT2D eigenvalue weighted by Crippen LogP contribution is -2.26. The Morgan fingerprint density at radius 2 is 1.96 bits per heavy atom. The van der Waals surface area contributed by atoms with Crippen LogP contribution in [0.1, 0.15) is 0 Å². The van der Waals surface area contributed by atoms with Gasteiger partial charge in [-0.15, -0.1) is 0 Å². The van der Waals surface area contributed by atoms with E-state index in [4.69, 9.17) is 22.1 Å². The van der Waals surface area contributed by atoms with E-state index in [1.165, 1.54) is 0 Å². The first-order valence-electron chi connectivity index (χ1n) is 7.80. The second kappa shape index (κ2) is 9.05. The topological polar surface area (TPSA) is 93.5 Å². The van der Waals surface area contributed by atoms with Gasteiger partial charge >= 0.3 is 0 Å². The highest BCUT2D eigenvalue weighted by Crippen LogP contribution is 2.34. The highest BCUT2D eigenvalue weighted by Gasteiger charge is 2.10. The van der Waals surface area contributed by atoms with Crippen molar-refractivity contribution in [3.8, 4) is 16.9 Å². The summed E-state index contributed by atoms with van der Waals surface area (Å²) >= 11 is 6.12. The van der Waals surface area contributed by atoms with Gasteiger partial charge in [0, 0.05) is 35.9 Å². The molecule has 0 unspecified atom stereocenters. The molecule has 0 radical (unpaired) electrons. The van der Waals surface area contributed by atoms with E-state index in [0.29, 0.717) is 36.2 Å². The lowest BCUT2D eigenvalue weighted by Gasteiger charge is -2.14. The molecule has 0 fully saturated rings. The van der Waals surface area contributed by atoms with E-state index in [-0.39, 0.29) is 0 Å². The van der Waals surface area contributed by atoms with Crippen LogP contribution in [0, 0.1) is 0 Å². The second-order valence-electron chi connectivity index (χ2n) is 5.48. The molecule has 2 aromatic carbocycles. The first-order chi connectivity index (χ1) is 11.9. The highest BCUT2D eigenvalue weighted by molar-refractivity contribution is 7.92. The molecule has 0 saturated carbocycles. The van der Waals surface area contributed by atoms with Crippen molar-refractivity contribution in [2.45, 2.75) is 0 Å². The summed E-state index contributed by atoms with van der Waals surface area (Å²) in [5.41, 5.74) is 7.51. The van der Waals surface area contributed by atoms with Gasteiger partial charge in [0.15, 0.2) is 0 Å². The minimum atomic E-state index is -3.34. The Bertz CT molecular complexity index is 813. The molecule has 0 atom stereocenters. The van der Waals surface area contributed by atoms with Crippen molar-refractivity contribution in [2.24, 2.45) is 5.73 Å². The van der Waals surface area contributed by atoms with Gasteiger partial charge in [-0.3, -0.25) is 4.72 Å². The van der Waals surface area contributed by atoms with Crippen LogP contribution in [-0.4, -0.2) is 40.9 Å². The van der Waals surface area contributed by atoms with Crippen molar-refractivity contribution in [1.82, 2.24) is 5.32 Å². The summed E-state index contributed by atoms with van der Waals surface area (Å²) in [4.78, 5) is 0. The lowest BCUT2D eigenvalue weighted by atomic mass is 10.0. The van der Waals surface area contributed by atoms with Crippen molar-refractivity contribution in [1.29, 1.82) is 0 Å². The Kier molecular flexibility index (Phi) is 7.07. The molecule has 0 aliphatic carbocycles. The van der Waals surface area contributed by atoms with Gasteiger partial charge in [-0.25, -0.2) is 8.42 Å². The van der Waals surface area contributed by atoms with Gasteiger partial charge in [-0.2, -0.15) is 0 Å². The Labute approximate surface area is 153 Å². The SMILES string of the molecule is CS(=O)(=O)Nc1cccc(-c2cc(Cl)ccc2OCCNCCN)c1. The lowest BCUT2D eigenvalue weighted by molar-refractivity contribution is 0.316. The number of rotatable bonds is 9. The Morgan fingerprint density at radius 3 is 2.68 bits per heavy atom. The molecule has 0 spiro atoms. The van der Waals surface area contributed by atoms with E-state index in [1.807, 2.05) is 6.07 Å². The smallest absolute Gasteiger partial charge is 0.229 e. The maximum atomic E-state index is 11.4. The predicted octanol–water partition coefficient (Wildman–Crippen LogP) is 2.31. The molecule has 2 aromatic rings. The van der Waals surface area contributed by atoms with Crippen LogP contribution in [-0.2, 0) is 10.0 Å². The van der Waals surface area contributed by atoms with Crippen LogP contribution < -0.4 is 20.5 Å². The zero-order chi connectivity index (χ0) is 18.3. The molecule has 136 valence electrons. The minimum absolute atomic E-state index is 0.482. The molecule has 0 bridgehead atoms. The molecule has 0 aromatic heterocycles. The van der Waals surface area contributed by atoms with E-state index >= 15 is 0 Å². The van der Waals surface area contributed by atoms with Crippen molar-refractivity contribution in [3.05, 3.63) is 47.5 Å². The van der Waals surface area contributed by atoms with Gasteiger partial charge in [-0.05, 0) is 35.9 Å². The molecule has 0 saturated heterocycles. The van der Waals surface area contributed by atoms with Crippen LogP contribution in [0.4, 0.5) is 5.69 Å². The van der Waals surface area contributed by atoms with Gasteiger partial charge < -0.3 is 15.8 Å². The molecule has 0 aliphatic heterocycles. The fraction of sp³-hybridized carbons (Fsp3) is 0.294. The van der Waals surface area contributed by atoms with Crippen molar-refractivity contribution in [3.63, 3.8) is 0 Å². The number of nitrogens with one attached hydrogen (secondary N) is 2. The van der Waals surface area contributed by atoms with Gasteiger partial charge in [0.25, 0.3) is 0 Å². The summed E-state index contributed by atoms with van der Waals surface area (Å²) < 4.78 is 31.2. The van der Waals surface area contributed by atoms with Crippen LogP contribution in [0.3, 0.4) is 0 Å². The number of halogens is 1. The molecular weight excluding hydrogens is 362 g/mol. The summed E-state index contributed by atoms with van der Waals surface area (Å²) in [5, 5.41) is 3.73. The molecule has 6 nitrogen and oxygen atoms in total. The monoisotopic (exact) mass is 383 g/mol. The van der Waals surface area contributed by atoms with Crippen molar-refractivity contribution in [2.75, 3.05) is 37.2 Å². The summed E-state index contributed by atoms with van der Waals surface area (Å²) in [6.07, 6.45) is 1.11. The van der Waals surface area contributed by atoms with E-state index in [1.54, 1.807) is 36.4 Å². The molecule has 4 N–H and O–H groups in total. The standard InChI is InChI=1S/C17H22ClN3O3S/c1-25(22,23)21-15-4-2-3-13(11-15)16-12-14(18)5-6-17(16)24-10-9-20-8-7-19/h2-6,11-12,20-21H,7-10,19H2,1H3. The highest BCUT2D eigenvalue weighted by atomic mass is 35.5. The summed E-state index contributed by atoms with van der Waals surface area (Å²) in [6.45, 7) is 2.47. The summed E-state index contributed by atoms with van der Waals surface area (Å²) in [7, 11) is -3.34. The molecule has 0 amide bonds. The first kappa shape index (κ1) is 19.5. The average molecular weight is 384 g/mol. The third-order valence-electron chi connectivity index (χ3n) is 3.28. The molecule has 0 aliphatic rings. The third-order valence-corrected chi connectivity index (χ3v) is 4.12. The number of anilines is 1. The van der Waals surface area contributed by atoms with Gasteiger partial charge in [-0.1, -0.05) is 23.7 Å². The van der Waals surface area contributed by atoms with Crippen molar-refractivity contribution >= 4 is 27.3 Å². The molecular formula is C17H22ClN3O3S. The van der Waals surface area contributed by atoms with Crippen LogP contribution in [0.5, 0.6) is 5.75 Å². The average Bonchev–Trinajstić information content (AvgIpc) is 2.54. The zero-order valence-electron chi connectivity index (χ0n) is 14.0. The first-order valence-corrected chi connectivity index (χ1v) is 10.1. The van der Waals surface area contributed by atoms with Crippen molar-refractivity contribution < 1.29 is 13.2 Å². The Hall–Kier alpha value is -1.80. The van der Waals surface area contributed by atoms with Gasteiger partial charge in [0.05, 0.1) is 6.26 Å². The molecule has 0 heterocycles. The van der Waals surface area contributed by atoms with Gasteiger partial charge in [0.2, 0.25) is 10.0 Å². The number of sulfonamides is 1. The van der Waals surface area contributed by atoms with Crippen LogP contribution in [0.15, 0.2) is 42.5 Å². The molecule has 8 heteroatoms. The minimum Gasteiger partial charge on any atom is -0.492 e. The van der Waals surface area contributed by atoms with Crippen LogP contribution >= 0.6 is 11.6 Å². The maximum Gasteiger partial charge on any atom is 0.229 e. The quantitative estimate of drug-likeness (QED) is 0.578. The normalized spacial score (nSPS) is 11.3. The Balaban J connectivity index is 2.22. The van der Waals surface area contributed by atoms with Crippen LogP contribution in [0.2, 0.25) is 5.02 Å². The summed E-state index contributed by atoms with van der Waals surface area (Å²) in [5.74, 6) is 0.676. The van der Waals surface area contributed by atoms with E-state index in [0.717, 1.165) is 23.9 Å². The number of hydrogen-bond donors (Lipinski definition) is 3. The molecule has 25 heavy (non-hydrogen) atoms. The van der Waals surface area contributed by atoms with E-state index in [9.17, 15) is 8.42 Å². The third kappa shape index (κ3) is 6.55. The van der Waals surface area contributed by atoms with E-state index in [2.05, 4.69) is 10.0 Å². The number of ether oxygens (including phenoxy) is 1. The van der Waals surface area contributed by atoms with Crippen LogP contribution in [0.25, 0.3) is 11.1 Å². The zero-order valence-corrected chi connectivity index (χ0v) is 15.5. The van der Waals surface area contributed by atoms with E-state index < -0.39 is 10.0 Å². The predicted molar refractivity (Wildman–Crippen MR) is 103 cm³/mol. The maximum absolute atomic E-state index is 11.4.